The molecular formula is C12H14N4O2S. The highest BCUT2D eigenvalue weighted by Crippen LogP contribution is 2.21. The maximum Gasteiger partial charge on any atom is 0.404 e. The van der Waals surface area contributed by atoms with Crippen LogP contribution in [0, 0.1) is 0 Å². The number of aromatic nitrogens is 3. The van der Waals surface area contributed by atoms with Crippen molar-refractivity contribution in [2.45, 2.75) is 5.16 Å². The molecule has 2 rings (SSSR count). The average molecular weight is 278 g/mol. The van der Waals surface area contributed by atoms with Gasteiger partial charge in [-0.15, -0.1) is 10.2 Å². The van der Waals surface area contributed by atoms with Crippen molar-refractivity contribution in [2.75, 3.05) is 12.4 Å². The molecular weight excluding hydrogens is 264 g/mol. The van der Waals surface area contributed by atoms with Crippen LogP contribution >= 0.6 is 11.8 Å². The Morgan fingerprint density at radius 3 is 2.79 bits per heavy atom. The molecule has 1 heterocycles. The molecule has 0 saturated heterocycles. The van der Waals surface area contributed by atoms with Crippen molar-refractivity contribution in [3.05, 3.63) is 30.3 Å². The quantitative estimate of drug-likeness (QED) is 0.664. The second-order valence-electron chi connectivity index (χ2n) is 3.75. The minimum Gasteiger partial charge on any atom is -0.449 e. The molecule has 0 radical (unpaired) electrons. The van der Waals surface area contributed by atoms with E-state index < -0.39 is 6.09 Å². The van der Waals surface area contributed by atoms with E-state index in [1.165, 1.54) is 11.8 Å². The van der Waals surface area contributed by atoms with Gasteiger partial charge >= 0.3 is 6.09 Å². The molecule has 0 bridgehead atoms. The summed E-state index contributed by atoms with van der Waals surface area (Å²) in [7, 11) is 1.90. The minimum atomic E-state index is -0.761. The number of ether oxygens (including phenoxy) is 1. The molecule has 1 aromatic heterocycles. The Hall–Kier alpha value is -2.02. The number of hydrogen-bond donors (Lipinski definition) is 1. The summed E-state index contributed by atoms with van der Waals surface area (Å²) in [4.78, 5) is 10.4. The molecule has 2 N–H and O–H groups in total. The van der Waals surface area contributed by atoms with Gasteiger partial charge < -0.3 is 15.0 Å². The fourth-order valence-electron chi connectivity index (χ4n) is 1.55. The van der Waals surface area contributed by atoms with Crippen LogP contribution in [0.15, 0.2) is 35.5 Å². The van der Waals surface area contributed by atoms with E-state index in [4.69, 9.17) is 5.73 Å². The maximum absolute atomic E-state index is 10.4. The van der Waals surface area contributed by atoms with Crippen LogP contribution in [-0.4, -0.2) is 33.2 Å². The lowest BCUT2D eigenvalue weighted by Crippen LogP contribution is -2.14. The van der Waals surface area contributed by atoms with Gasteiger partial charge in [0.15, 0.2) is 11.0 Å². The largest absolute Gasteiger partial charge is 0.449 e. The van der Waals surface area contributed by atoms with Crippen molar-refractivity contribution in [1.29, 1.82) is 0 Å². The number of carbonyl (C=O) groups excluding carboxylic acids is 1. The Labute approximate surface area is 115 Å². The predicted molar refractivity (Wildman–Crippen MR) is 72.7 cm³/mol. The summed E-state index contributed by atoms with van der Waals surface area (Å²) in [5, 5.41) is 9.04. The number of amides is 1. The van der Waals surface area contributed by atoms with Gasteiger partial charge in [-0.2, -0.15) is 0 Å². The number of primary amides is 1. The third-order valence-electron chi connectivity index (χ3n) is 2.43. The van der Waals surface area contributed by atoms with Gasteiger partial charge in [-0.3, -0.25) is 0 Å². The smallest absolute Gasteiger partial charge is 0.404 e. The molecule has 1 aromatic carbocycles. The van der Waals surface area contributed by atoms with Crippen molar-refractivity contribution in [1.82, 2.24) is 14.8 Å². The third kappa shape index (κ3) is 3.47. The average Bonchev–Trinajstić information content (AvgIpc) is 2.77. The van der Waals surface area contributed by atoms with Crippen LogP contribution in [0.5, 0.6) is 0 Å². The monoisotopic (exact) mass is 278 g/mol. The van der Waals surface area contributed by atoms with Crippen molar-refractivity contribution >= 4 is 17.9 Å². The highest BCUT2D eigenvalue weighted by atomic mass is 32.2. The normalized spacial score (nSPS) is 10.4. The van der Waals surface area contributed by atoms with Gasteiger partial charge in [-0.05, 0) is 0 Å². The second-order valence-corrected chi connectivity index (χ2v) is 4.81. The van der Waals surface area contributed by atoms with E-state index in [1.807, 2.05) is 41.9 Å². The Morgan fingerprint density at radius 1 is 1.37 bits per heavy atom. The van der Waals surface area contributed by atoms with Crippen molar-refractivity contribution in [3.8, 4) is 11.4 Å². The predicted octanol–water partition coefficient (Wildman–Crippen LogP) is 1.67. The van der Waals surface area contributed by atoms with Gasteiger partial charge in [0.2, 0.25) is 0 Å². The molecule has 19 heavy (non-hydrogen) atoms. The van der Waals surface area contributed by atoms with Crippen LogP contribution < -0.4 is 5.73 Å². The van der Waals surface area contributed by atoms with Crippen LogP contribution in [-0.2, 0) is 11.8 Å². The van der Waals surface area contributed by atoms with Gasteiger partial charge in [-0.25, -0.2) is 4.79 Å². The zero-order valence-corrected chi connectivity index (χ0v) is 11.3. The van der Waals surface area contributed by atoms with Crippen LogP contribution in [0.25, 0.3) is 11.4 Å². The topological polar surface area (TPSA) is 83.0 Å². The SMILES string of the molecule is Cn1c(SCCOC(N)=O)nnc1-c1ccccc1. The molecule has 0 atom stereocenters. The van der Waals surface area contributed by atoms with Crippen LogP contribution in [0.4, 0.5) is 4.79 Å². The number of carbonyl (C=O) groups is 1. The van der Waals surface area contributed by atoms with Gasteiger partial charge in [0, 0.05) is 18.4 Å². The summed E-state index contributed by atoms with van der Waals surface area (Å²) in [6.45, 7) is 0.257. The van der Waals surface area contributed by atoms with Gasteiger partial charge in [0.25, 0.3) is 0 Å². The molecule has 0 fully saturated rings. The Morgan fingerprint density at radius 2 is 2.11 bits per heavy atom. The molecule has 0 unspecified atom stereocenters. The highest BCUT2D eigenvalue weighted by Gasteiger charge is 2.10. The van der Waals surface area contributed by atoms with Crippen molar-refractivity contribution in [3.63, 3.8) is 0 Å². The Balaban J connectivity index is 2.01. The lowest BCUT2D eigenvalue weighted by molar-refractivity contribution is 0.164. The first-order valence-electron chi connectivity index (χ1n) is 5.68. The summed E-state index contributed by atoms with van der Waals surface area (Å²) in [6.07, 6.45) is -0.761. The van der Waals surface area contributed by atoms with E-state index >= 15 is 0 Å². The summed E-state index contributed by atoms with van der Waals surface area (Å²) < 4.78 is 6.56. The van der Waals surface area contributed by atoms with Crippen LogP contribution in [0.2, 0.25) is 0 Å². The molecule has 2 aromatic rings. The van der Waals surface area contributed by atoms with E-state index in [0.29, 0.717) is 5.75 Å². The molecule has 0 aliphatic carbocycles. The number of rotatable bonds is 5. The zero-order chi connectivity index (χ0) is 13.7. The molecule has 6 nitrogen and oxygen atoms in total. The summed E-state index contributed by atoms with van der Waals surface area (Å²) >= 11 is 1.46. The van der Waals surface area contributed by atoms with Crippen LogP contribution in [0.1, 0.15) is 0 Å². The van der Waals surface area contributed by atoms with E-state index in [0.717, 1.165) is 16.5 Å². The van der Waals surface area contributed by atoms with Gasteiger partial charge in [0.05, 0.1) is 0 Å². The fraction of sp³-hybridized carbons (Fsp3) is 0.250. The number of nitrogens with zero attached hydrogens (tertiary/aromatic N) is 3. The molecule has 7 heteroatoms. The minimum absolute atomic E-state index is 0.257. The van der Waals surface area contributed by atoms with Gasteiger partial charge in [0.1, 0.15) is 6.61 Å². The first-order chi connectivity index (χ1) is 9.18. The molecule has 0 spiro atoms. The Kier molecular flexibility index (Phi) is 4.40. The summed E-state index contributed by atoms with van der Waals surface area (Å²) in [6, 6.07) is 9.83. The van der Waals surface area contributed by atoms with E-state index in [1.54, 1.807) is 0 Å². The standard InChI is InChI=1S/C12H14N4O2S/c1-16-10(9-5-3-2-4-6-9)14-15-12(16)19-8-7-18-11(13)17/h2-6H,7-8H2,1H3,(H2,13,17). The first-order valence-corrected chi connectivity index (χ1v) is 6.67. The number of nitrogens with two attached hydrogens (primary N) is 1. The molecule has 0 saturated carbocycles. The highest BCUT2D eigenvalue weighted by molar-refractivity contribution is 7.99. The molecule has 0 aliphatic heterocycles. The van der Waals surface area contributed by atoms with Crippen molar-refractivity contribution < 1.29 is 9.53 Å². The second kappa shape index (κ2) is 6.24. The zero-order valence-electron chi connectivity index (χ0n) is 10.4. The maximum atomic E-state index is 10.4. The Bertz CT molecular complexity index is 556. The molecule has 0 aliphatic rings. The number of benzene rings is 1. The number of hydrogen-bond acceptors (Lipinski definition) is 5. The van der Waals surface area contributed by atoms with Crippen LogP contribution in [0.3, 0.4) is 0 Å². The molecule has 1 amide bonds. The first kappa shape index (κ1) is 13.4. The lowest BCUT2D eigenvalue weighted by atomic mass is 10.2. The summed E-state index contributed by atoms with van der Waals surface area (Å²) in [5.74, 6) is 1.39. The van der Waals surface area contributed by atoms with E-state index in [-0.39, 0.29) is 6.61 Å². The number of thioether (sulfide) groups is 1. The summed E-state index contributed by atoms with van der Waals surface area (Å²) in [5.41, 5.74) is 5.89. The van der Waals surface area contributed by atoms with Crippen molar-refractivity contribution in [2.24, 2.45) is 12.8 Å². The van der Waals surface area contributed by atoms with Gasteiger partial charge in [-0.1, -0.05) is 42.1 Å². The lowest BCUT2D eigenvalue weighted by Gasteiger charge is -2.03. The van der Waals surface area contributed by atoms with E-state index in [2.05, 4.69) is 14.9 Å². The molecule has 100 valence electrons. The van der Waals surface area contributed by atoms with E-state index in [9.17, 15) is 4.79 Å². The fourth-order valence-corrected chi connectivity index (χ4v) is 2.28. The third-order valence-corrected chi connectivity index (χ3v) is 3.41.